The summed E-state index contributed by atoms with van der Waals surface area (Å²) < 4.78 is 25.7. The summed E-state index contributed by atoms with van der Waals surface area (Å²) in [4.78, 5) is 13.0. The van der Waals surface area contributed by atoms with Gasteiger partial charge in [0.15, 0.2) is 5.78 Å². The van der Waals surface area contributed by atoms with Crippen LogP contribution in [0.3, 0.4) is 0 Å². The lowest BCUT2D eigenvalue weighted by Gasteiger charge is -2.38. The minimum atomic E-state index is -1.13. The summed E-state index contributed by atoms with van der Waals surface area (Å²) in [5.41, 5.74) is 1.16. The molecule has 31 heavy (non-hydrogen) atoms. The molecule has 3 atom stereocenters. The Morgan fingerprint density at radius 3 is 2.06 bits per heavy atom. The third kappa shape index (κ3) is 3.50. The second-order valence-electron chi connectivity index (χ2n) is 9.97. The fourth-order valence-corrected chi connectivity index (χ4v) is 6.37. The Labute approximate surface area is 184 Å². The molecule has 1 saturated heterocycles. The molecule has 0 bridgehead atoms. The smallest absolute Gasteiger partial charge is 0.331 e. The Hall–Kier alpha value is -1.85. The first-order valence-corrected chi connectivity index (χ1v) is 12.3. The molecule has 0 radical (unpaired) electrons. The van der Waals surface area contributed by atoms with E-state index < -0.39 is 12.1 Å². The van der Waals surface area contributed by atoms with E-state index in [1.165, 1.54) is 64.2 Å². The molecule has 2 aliphatic carbocycles. The Morgan fingerprint density at radius 1 is 0.806 bits per heavy atom. The van der Waals surface area contributed by atoms with Crippen LogP contribution in [0.5, 0.6) is 5.75 Å². The predicted octanol–water partition coefficient (Wildman–Crippen LogP) is 5.53. The van der Waals surface area contributed by atoms with Gasteiger partial charge >= 0.3 is 5.97 Å². The number of rotatable bonds is 2. The molecular weight excluding hydrogens is 392 g/mol. The van der Waals surface area contributed by atoms with Gasteiger partial charge in [-0.05, 0) is 49.7 Å². The SMILES string of the molecule is O=C1C2=COC3(C[C@H]2Oc2ccccc21)O[C@@H](C1CCCCC1)[C@H](C1CCCCC1)O3. The molecule has 1 spiro atoms. The summed E-state index contributed by atoms with van der Waals surface area (Å²) >= 11 is 0. The van der Waals surface area contributed by atoms with E-state index in [1.807, 2.05) is 18.2 Å². The van der Waals surface area contributed by atoms with Crippen molar-refractivity contribution < 1.29 is 23.7 Å². The molecule has 5 nitrogen and oxygen atoms in total. The minimum Gasteiger partial charge on any atom is -0.484 e. The second kappa shape index (κ2) is 7.93. The van der Waals surface area contributed by atoms with Crippen LogP contribution in [-0.4, -0.2) is 30.1 Å². The van der Waals surface area contributed by atoms with Gasteiger partial charge in [0, 0.05) is 0 Å². The van der Waals surface area contributed by atoms with Gasteiger partial charge in [0.1, 0.15) is 18.1 Å². The number of Topliss-reactive ketones (excluding diaryl/α,β-unsaturated/α-hetero) is 1. The van der Waals surface area contributed by atoms with Crippen molar-refractivity contribution in [2.45, 2.75) is 94.9 Å². The highest BCUT2D eigenvalue weighted by atomic mass is 16.9. The molecule has 3 aliphatic heterocycles. The van der Waals surface area contributed by atoms with Crippen molar-refractivity contribution >= 4 is 5.78 Å². The van der Waals surface area contributed by atoms with Crippen molar-refractivity contribution in [3.05, 3.63) is 41.7 Å². The number of fused-ring (bicyclic) bond motifs is 2. The lowest BCUT2D eigenvalue weighted by molar-refractivity contribution is -0.336. The number of benzene rings is 1. The number of ketones is 1. The van der Waals surface area contributed by atoms with Gasteiger partial charge in [-0.2, -0.15) is 0 Å². The van der Waals surface area contributed by atoms with Crippen LogP contribution >= 0.6 is 0 Å². The van der Waals surface area contributed by atoms with Crippen molar-refractivity contribution in [3.63, 3.8) is 0 Å². The molecule has 0 aromatic heterocycles. The van der Waals surface area contributed by atoms with E-state index in [0.717, 1.165) is 0 Å². The van der Waals surface area contributed by atoms with Crippen LogP contribution in [0.1, 0.15) is 81.0 Å². The number of hydrogen-bond acceptors (Lipinski definition) is 5. The average Bonchev–Trinajstić information content (AvgIpc) is 3.19. The summed E-state index contributed by atoms with van der Waals surface area (Å²) in [6.45, 7) is 0. The van der Waals surface area contributed by atoms with Gasteiger partial charge in [-0.3, -0.25) is 4.79 Å². The first kappa shape index (κ1) is 19.8. The summed E-state index contributed by atoms with van der Waals surface area (Å²) in [6.07, 6.45) is 14.3. The lowest BCUT2D eigenvalue weighted by atomic mass is 9.77. The van der Waals surface area contributed by atoms with E-state index in [0.29, 0.717) is 35.1 Å². The molecule has 5 aliphatic rings. The van der Waals surface area contributed by atoms with E-state index in [2.05, 4.69) is 0 Å². The monoisotopic (exact) mass is 424 g/mol. The largest absolute Gasteiger partial charge is 0.484 e. The summed E-state index contributed by atoms with van der Waals surface area (Å²) in [6, 6.07) is 7.42. The summed E-state index contributed by atoms with van der Waals surface area (Å²) in [5, 5.41) is 0. The van der Waals surface area contributed by atoms with Crippen LogP contribution in [-0.2, 0) is 14.2 Å². The van der Waals surface area contributed by atoms with Crippen LogP contribution in [0.2, 0.25) is 0 Å². The zero-order chi connectivity index (χ0) is 20.8. The number of para-hydroxylation sites is 1. The molecule has 1 aromatic rings. The van der Waals surface area contributed by atoms with Gasteiger partial charge in [0.25, 0.3) is 0 Å². The fourth-order valence-electron chi connectivity index (χ4n) is 6.37. The average molecular weight is 425 g/mol. The Balaban J connectivity index is 1.28. The molecule has 1 aromatic carbocycles. The van der Waals surface area contributed by atoms with Crippen molar-refractivity contribution in [1.82, 2.24) is 0 Å². The third-order valence-electron chi connectivity index (χ3n) is 7.99. The molecule has 3 heterocycles. The quantitative estimate of drug-likeness (QED) is 0.625. The van der Waals surface area contributed by atoms with E-state index in [4.69, 9.17) is 18.9 Å². The molecule has 0 amide bonds. The zero-order valence-corrected chi connectivity index (χ0v) is 18.1. The van der Waals surface area contributed by atoms with Crippen LogP contribution in [0, 0.1) is 11.8 Å². The standard InChI is InChI=1S/C26H32O5/c27-23-19-13-7-8-14-21(19)29-22-15-26(28-16-20(22)23)30-24(17-9-3-1-4-10-17)25(31-26)18-11-5-2-6-12-18/h7-8,13-14,16-18,22,24-25H,1-6,9-12,15H2/t22-,24+,25+/m1/s1. The molecule has 166 valence electrons. The van der Waals surface area contributed by atoms with Gasteiger partial charge in [0.2, 0.25) is 0 Å². The zero-order valence-electron chi connectivity index (χ0n) is 18.1. The fraction of sp³-hybridized carbons (Fsp3) is 0.654. The van der Waals surface area contributed by atoms with E-state index >= 15 is 0 Å². The van der Waals surface area contributed by atoms with Gasteiger partial charge in [-0.25, -0.2) is 0 Å². The van der Waals surface area contributed by atoms with Gasteiger partial charge in [-0.15, -0.1) is 0 Å². The topological polar surface area (TPSA) is 54.0 Å². The highest BCUT2D eigenvalue weighted by molar-refractivity contribution is 6.12. The number of ether oxygens (including phenoxy) is 4. The van der Waals surface area contributed by atoms with Gasteiger partial charge in [0.05, 0.1) is 29.8 Å². The summed E-state index contributed by atoms with van der Waals surface area (Å²) in [7, 11) is 0. The number of carbonyl (C=O) groups excluding carboxylic acids is 1. The molecule has 0 N–H and O–H groups in total. The van der Waals surface area contributed by atoms with Crippen molar-refractivity contribution in [3.8, 4) is 5.75 Å². The maximum Gasteiger partial charge on any atom is 0.331 e. The van der Waals surface area contributed by atoms with Gasteiger partial charge < -0.3 is 18.9 Å². The second-order valence-corrected chi connectivity index (χ2v) is 9.97. The van der Waals surface area contributed by atoms with Crippen LogP contribution in [0.4, 0.5) is 0 Å². The first-order chi connectivity index (χ1) is 15.2. The minimum absolute atomic E-state index is 0.0210. The van der Waals surface area contributed by atoms with Crippen molar-refractivity contribution in [1.29, 1.82) is 0 Å². The molecule has 6 rings (SSSR count). The molecular formula is C26H32O5. The normalized spacial score (nSPS) is 33.2. The lowest BCUT2D eigenvalue weighted by Crippen LogP contribution is -2.46. The van der Waals surface area contributed by atoms with E-state index in [9.17, 15) is 4.79 Å². The van der Waals surface area contributed by atoms with Crippen molar-refractivity contribution in [2.24, 2.45) is 11.8 Å². The van der Waals surface area contributed by atoms with Crippen LogP contribution in [0.25, 0.3) is 0 Å². The Morgan fingerprint density at radius 2 is 1.42 bits per heavy atom. The molecule has 3 fully saturated rings. The molecule has 0 unspecified atom stereocenters. The van der Waals surface area contributed by atoms with Crippen LogP contribution in [0.15, 0.2) is 36.1 Å². The number of carbonyl (C=O) groups is 1. The maximum atomic E-state index is 13.0. The Bertz CT molecular complexity index is 838. The number of hydrogen-bond donors (Lipinski definition) is 0. The molecule has 5 heteroatoms. The Kier molecular flexibility index (Phi) is 5.07. The summed E-state index contributed by atoms with van der Waals surface area (Å²) in [5.74, 6) is 0.544. The van der Waals surface area contributed by atoms with E-state index in [1.54, 1.807) is 12.3 Å². The maximum absolute atomic E-state index is 13.0. The first-order valence-electron chi connectivity index (χ1n) is 12.3. The van der Waals surface area contributed by atoms with E-state index in [-0.39, 0.29) is 18.0 Å². The predicted molar refractivity (Wildman–Crippen MR) is 115 cm³/mol. The highest BCUT2D eigenvalue weighted by Gasteiger charge is 2.57. The third-order valence-corrected chi connectivity index (χ3v) is 7.99. The van der Waals surface area contributed by atoms with Crippen LogP contribution < -0.4 is 4.74 Å². The van der Waals surface area contributed by atoms with Gasteiger partial charge in [-0.1, -0.05) is 50.7 Å². The van der Waals surface area contributed by atoms with Crippen molar-refractivity contribution in [2.75, 3.05) is 0 Å². The molecule has 2 saturated carbocycles. The highest BCUT2D eigenvalue weighted by Crippen LogP contribution is 2.49.